The van der Waals surface area contributed by atoms with Gasteiger partial charge in [-0.25, -0.2) is 0 Å². The molecule has 3 N–H and O–H groups in total. The van der Waals surface area contributed by atoms with Crippen LogP contribution in [0.25, 0.3) is 0 Å². The Hall–Kier alpha value is -2.19. The molecule has 0 saturated carbocycles. The van der Waals surface area contributed by atoms with Gasteiger partial charge in [-0.1, -0.05) is 6.07 Å². The first-order valence-corrected chi connectivity index (χ1v) is 6.80. The van der Waals surface area contributed by atoms with Crippen molar-refractivity contribution in [3.63, 3.8) is 0 Å². The Morgan fingerprint density at radius 3 is 2.52 bits per heavy atom. The van der Waals surface area contributed by atoms with Crippen LogP contribution in [0.3, 0.4) is 0 Å². The van der Waals surface area contributed by atoms with Crippen molar-refractivity contribution < 1.29 is 14.5 Å². The van der Waals surface area contributed by atoms with Crippen LogP contribution in [-0.4, -0.2) is 47.3 Å². The highest BCUT2D eigenvalue weighted by atomic mass is 35.5. The summed E-state index contributed by atoms with van der Waals surface area (Å²) in [6, 6.07) is 4.42. The molecule has 1 aromatic rings. The molecule has 0 radical (unpaired) electrons. The van der Waals surface area contributed by atoms with Crippen molar-refractivity contribution in [1.82, 2.24) is 10.2 Å². The number of hydrogen-bond donors (Lipinski definition) is 2. The van der Waals surface area contributed by atoms with Gasteiger partial charge in [0.1, 0.15) is 6.04 Å². The highest BCUT2D eigenvalue weighted by Crippen LogP contribution is 2.13. The van der Waals surface area contributed by atoms with E-state index in [0.717, 1.165) is 0 Å². The van der Waals surface area contributed by atoms with E-state index < -0.39 is 16.9 Å². The van der Waals surface area contributed by atoms with Gasteiger partial charge in [0.05, 0.1) is 4.92 Å². The van der Waals surface area contributed by atoms with E-state index in [9.17, 15) is 19.7 Å². The molecule has 1 aromatic carbocycles. The zero-order chi connectivity index (χ0) is 16.9. The molecule has 2 amide bonds. The topological polar surface area (TPSA) is 119 Å². The number of amides is 2. The summed E-state index contributed by atoms with van der Waals surface area (Å²) in [7, 11) is 1.61. The maximum absolute atomic E-state index is 12.1. The zero-order valence-corrected chi connectivity index (χ0v) is 14.0. The number of carbonyl (C=O) groups is 2. The third kappa shape index (κ3) is 5.50. The van der Waals surface area contributed by atoms with Crippen LogP contribution in [-0.2, 0) is 4.79 Å². The first-order chi connectivity index (χ1) is 10.3. The average molecular weight is 345 g/mol. The van der Waals surface area contributed by atoms with Crippen LogP contribution in [0.5, 0.6) is 0 Å². The van der Waals surface area contributed by atoms with Gasteiger partial charge >= 0.3 is 0 Å². The Labute approximate surface area is 140 Å². The Balaban J connectivity index is 0.00000484. The smallest absolute Gasteiger partial charge is 0.270 e. The third-order valence-corrected chi connectivity index (χ3v) is 3.39. The minimum Gasteiger partial charge on any atom is -0.341 e. The first-order valence-electron chi connectivity index (χ1n) is 6.80. The second kappa shape index (κ2) is 9.06. The fourth-order valence-electron chi connectivity index (χ4n) is 1.78. The standard InChI is InChI=1S/C14H20N4O4.ClH/c1-9(8-15)17(3)14(20)10(2)16-13(19)11-5-4-6-12(7-11)18(21)22;/h4-7,9-10H,8,15H2,1-3H3,(H,16,19);1H. The molecular weight excluding hydrogens is 324 g/mol. The maximum Gasteiger partial charge on any atom is 0.270 e. The van der Waals surface area contributed by atoms with Crippen LogP contribution >= 0.6 is 12.4 Å². The van der Waals surface area contributed by atoms with Crippen LogP contribution in [0.1, 0.15) is 24.2 Å². The molecule has 0 spiro atoms. The number of halogens is 1. The van der Waals surface area contributed by atoms with E-state index in [1.165, 1.54) is 29.2 Å². The van der Waals surface area contributed by atoms with Crippen LogP contribution in [0.2, 0.25) is 0 Å². The molecule has 23 heavy (non-hydrogen) atoms. The largest absolute Gasteiger partial charge is 0.341 e. The molecular formula is C14H21ClN4O4. The van der Waals surface area contributed by atoms with Gasteiger partial charge in [0, 0.05) is 37.3 Å². The highest BCUT2D eigenvalue weighted by Gasteiger charge is 2.23. The number of carbonyl (C=O) groups excluding carboxylic acids is 2. The molecule has 0 heterocycles. The number of benzene rings is 1. The van der Waals surface area contributed by atoms with E-state index in [4.69, 9.17) is 5.73 Å². The van der Waals surface area contributed by atoms with Gasteiger partial charge in [0.25, 0.3) is 11.6 Å². The number of nitrogens with one attached hydrogen (secondary N) is 1. The first kappa shape index (κ1) is 20.8. The van der Waals surface area contributed by atoms with Crippen LogP contribution in [0.4, 0.5) is 5.69 Å². The van der Waals surface area contributed by atoms with E-state index in [2.05, 4.69) is 5.32 Å². The van der Waals surface area contributed by atoms with Crippen LogP contribution < -0.4 is 11.1 Å². The summed E-state index contributed by atoms with van der Waals surface area (Å²) in [5.74, 6) is -0.824. The summed E-state index contributed by atoms with van der Waals surface area (Å²) >= 11 is 0. The second-order valence-electron chi connectivity index (χ2n) is 5.04. The summed E-state index contributed by atoms with van der Waals surface area (Å²) in [6.07, 6.45) is 0. The molecule has 128 valence electrons. The average Bonchev–Trinajstić information content (AvgIpc) is 2.52. The van der Waals surface area contributed by atoms with Crippen molar-refractivity contribution in [2.24, 2.45) is 5.73 Å². The van der Waals surface area contributed by atoms with Crippen LogP contribution in [0, 0.1) is 10.1 Å². The Morgan fingerprint density at radius 2 is 2.00 bits per heavy atom. The molecule has 0 aliphatic heterocycles. The fourth-order valence-corrected chi connectivity index (χ4v) is 1.78. The molecule has 8 nitrogen and oxygen atoms in total. The quantitative estimate of drug-likeness (QED) is 0.588. The van der Waals surface area contributed by atoms with Crippen molar-refractivity contribution >= 4 is 29.9 Å². The molecule has 1 rings (SSSR count). The van der Waals surface area contributed by atoms with Gasteiger partial charge in [0.2, 0.25) is 5.91 Å². The highest BCUT2D eigenvalue weighted by molar-refractivity contribution is 5.97. The number of nitrogens with zero attached hydrogens (tertiary/aromatic N) is 2. The van der Waals surface area contributed by atoms with Gasteiger partial charge in [-0.05, 0) is 19.9 Å². The molecule has 0 fully saturated rings. The minimum absolute atomic E-state index is 0. The summed E-state index contributed by atoms with van der Waals surface area (Å²) in [6.45, 7) is 3.66. The van der Waals surface area contributed by atoms with Gasteiger partial charge in [-0.15, -0.1) is 12.4 Å². The summed E-state index contributed by atoms with van der Waals surface area (Å²) < 4.78 is 0. The van der Waals surface area contributed by atoms with Crippen molar-refractivity contribution in [3.8, 4) is 0 Å². The number of nitrogens with two attached hydrogens (primary N) is 1. The Kier molecular flexibility index (Phi) is 8.20. The molecule has 0 aromatic heterocycles. The lowest BCUT2D eigenvalue weighted by atomic mass is 10.1. The van der Waals surface area contributed by atoms with E-state index in [1.807, 2.05) is 0 Å². The number of nitro groups is 1. The molecule has 0 aliphatic rings. The van der Waals surface area contributed by atoms with Crippen molar-refractivity contribution in [3.05, 3.63) is 39.9 Å². The molecule has 2 unspecified atom stereocenters. The predicted octanol–water partition coefficient (Wildman–Crippen LogP) is 0.940. The summed E-state index contributed by atoms with van der Waals surface area (Å²) in [5.41, 5.74) is 5.45. The number of nitro benzene ring substituents is 1. The second-order valence-corrected chi connectivity index (χ2v) is 5.04. The number of hydrogen-bond acceptors (Lipinski definition) is 5. The van der Waals surface area contributed by atoms with Gasteiger partial charge in [-0.3, -0.25) is 19.7 Å². The van der Waals surface area contributed by atoms with Gasteiger partial charge in [-0.2, -0.15) is 0 Å². The van der Waals surface area contributed by atoms with E-state index >= 15 is 0 Å². The maximum atomic E-state index is 12.1. The Bertz CT molecular complexity index is 582. The van der Waals surface area contributed by atoms with E-state index in [1.54, 1.807) is 20.9 Å². The van der Waals surface area contributed by atoms with Gasteiger partial charge in [0.15, 0.2) is 0 Å². The fraction of sp³-hybridized carbons (Fsp3) is 0.429. The van der Waals surface area contributed by atoms with Crippen molar-refractivity contribution in [2.75, 3.05) is 13.6 Å². The SMILES string of the molecule is CC(NC(=O)c1cccc([N+](=O)[O-])c1)C(=O)N(C)C(C)CN.Cl. The zero-order valence-electron chi connectivity index (χ0n) is 13.2. The lowest BCUT2D eigenvalue weighted by molar-refractivity contribution is -0.384. The number of likely N-dealkylation sites (N-methyl/N-ethyl adjacent to an activating group) is 1. The number of rotatable bonds is 6. The summed E-state index contributed by atoms with van der Waals surface area (Å²) in [5, 5.41) is 13.2. The van der Waals surface area contributed by atoms with Gasteiger partial charge < -0.3 is 16.0 Å². The lowest BCUT2D eigenvalue weighted by Gasteiger charge is -2.27. The molecule has 2 atom stereocenters. The monoisotopic (exact) mass is 344 g/mol. The summed E-state index contributed by atoms with van der Waals surface area (Å²) in [4.78, 5) is 35.8. The Morgan fingerprint density at radius 1 is 1.39 bits per heavy atom. The van der Waals surface area contributed by atoms with Crippen LogP contribution in [0.15, 0.2) is 24.3 Å². The predicted molar refractivity (Wildman–Crippen MR) is 88.6 cm³/mol. The number of non-ortho nitro benzene ring substituents is 1. The molecule has 9 heteroatoms. The molecule has 0 bridgehead atoms. The minimum atomic E-state index is -0.759. The molecule has 0 saturated heterocycles. The molecule has 0 aliphatic carbocycles. The third-order valence-electron chi connectivity index (χ3n) is 3.39. The van der Waals surface area contributed by atoms with Crippen molar-refractivity contribution in [1.29, 1.82) is 0 Å². The lowest BCUT2D eigenvalue weighted by Crippen LogP contribution is -2.49. The normalized spacial score (nSPS) is 12.5. The van der Waals surface area contributed by atoms with Crippen molar-refractivity contribution in [2.45, 2.75) is 25.9 Å². The van der Waals surface area contributed by atoms with E-state index in [0.29, 0.717) is 6.54 Å². The van der Waals surface area contributed by atoms with E-state index in [-0.39, 0.29) is 35.6 Å².